The molecule has 1 amide bonds. The first-order valence-electron chi connectivity index (χ1n) is 11.6. The third kappa shape index (κ3) is 4.79. The molecule has 0 radical (unpaired) electrons. The second kappa shape index (κ2) is 10.6. The number of ketones is 1. The Morgan fingerprint density at radius 3 is 2.14 bits per heavy atom. The lowest BCUT2D eigenvalue weighted by molar-refractivity contribution is -0.132. The molecule has 1 unspecified atom stereocenters. The van der Waals surface area contributed by atoms with Gasteiger partial charge in [-0.3, -0.25) is 14.5 Å². The molecule has 1 aliphatic rings. The molecule has 0 aliphatic carbocycles. The van der Waals surface area contributed by atoms with Crippen LogP contribution in [0.1, 0.15) is 37.4 Å². The van der Waals surface area contributed by atoms with Crippen LogP contribution in [0.5, 0.6) is 11.5 Å². The van der Waals surface area contributed by atoms with Crippen molar-refractivity contribution in [3.8, 4) is 11.5 Å². The molecule has 0 bridgehead atoms. The van der Waals surface area contributed by atoms with E-state index in [-0.39, 0.29) is 17.0 Å². The highest BCUT2D eigenvalue weighted by atomic mass is 19.2. The molecule has 0 spiro atoms. The molecule has 1 aliphatic heterocycles. The molecule has 1 heterocycles. The number of aliphatic hydroxyl groups is 1. The van der Waals surface area contributed by atoms with Gasteiger partial charge in [-0.25, -0.2) is 8.78 Å². The van der Waals surface area contributed by atoms with Gasteiger partial charge in [0, 0.05) is 17.3 Å². The topological polar surface area (TPSA) is 76.1 Å². The fourth-order valence-corrected chi connectivity index (χ4v) is 4.05. The Kier molecular flexibility index (Phi) is 7.33. The first kappa shape index (κ1) is 24.9. The number of Topliss-reactive ketones (excluding diaryl/α,β-unsaturated/α-hetero) is 1. The Bertz CT molecular complexity index is 1300. The lowest BCUT2D eigenvalue weighted by Crippen LogP contribution is -2.29. The van der Waals surface area contributed by atoms with Crippen molar-refractivity contribution in [1.29, 1.82) is 0 Å². The van der Waals surface area contributed by atoms with Gasteiger partial charge in [0.1, 0.15) is 17.3 Å². The van der Waals surface area contributed by atoms with Crippen molar-refractivity contribution in [1.82, 2.24) is 0 Å². The van der Waals surface area contributed by atoms with Crippen molar-refractivity contribution >= 4 is 23.1 Å². The summed E-state index contributed by atoms with van der Waals surface area (Å²) in [6.07, 6.45) is 0.831. The molecular weight excluding hydrogens is 468 g/mol. The molecule has 3 aromatic rings. The predicted molar refractivity (Wildman–Crippen MR) is 131 cm³/mol. The van der Waals surface area contributed by atoms with Crippen LogP contribution < -0.4 is 14.4 Å². The molecule has 4 rings (SSSR count). The van der Waals surface area contributed by atoms with Gasteiger partial charge in [0.2, 0.25) is 0 Å². The van der Waals surface area contributed by atoms with E-state index in [0.717, 1.165) is 23.5 Å². The van der Waals surface area contributed by atoms with Crippen LogP contribution in [0, 0.1) is 11.6 Å². The quantitative estimate of drug-likeness (QED) is 0.245. The minimum Gasteiger partial charge on any atom is -0.507 e. The summed E-state index contributed by atoms with van der Waals surface area (Å²) >= 11 is 0. The van der Waals surface area contributed by atoms with E-state index >= 15 is 0 Å². The smallest absolute Gasteiger partial charge is 0.300 e. The van der Waals surface area contributed by atoms with Crippen LogP contribution >= 0.6 is 0 Å². The first-order valence-corrected chi connectivity index (χ1v) is 11.6. The Morgan fingerprint density at radius 1 is 0.889 bits per heavy atom. The van der Waals surface area contributed by atoms with Gasteiger partial charge < -0.3 is 14.6 Å². The van der Waals surface area contributed by atoms with Crippen LogP contribution in [-0.4, -0.2) is 30.0 Å². The zero-order valence-electron chi connectivity index (χ0n) is 19.8. The van der Waals surface area contributed by atoms with Crippen molar-refractivity contribution in [2.24, 2.45) is 0 Å². The van der Waals surface area contributed by atoms with Crippen molar-refractivity contribution in [2.45, 2.75) is 26.3 Å². The Hall–Kier alpha value is -4.20. The lowest BCUT2D eigenvalue weighted by atomic mass is 9.95. The fraction of sp³-hybridized carbons (Fsp3) is 0.214. The van der Waals surface area contributed by atoms with Gasteiger partial charge in [0.25, 0.3) is 11.7 Å². The molecule has 1 saturated heterocycles. The average Bonchev–Trinajstić information content (AvgIpc) is 3.15. The molecule has 8 heteroatoms. The number of carbonyl (C=O) groups is 2. The summed E-state index contributed by atoms with van der Waals surface area (Å²) in [5.74, 6) is -3.38. The van der Waals surface area contributed by atoms with E-state index < -0.39 is 29.4 Å². The summed E-state index contributed by atoms with van der Waals surface area (Å²) < 4.78 is 38.7. The van der Waals surface area contributed by atoms with Crippen LogP contribution in [0.4, 0.5) is 14.5 Å². The number of amides is 1. The molecule has 1 atom stereocenters. The highest BCUT2D eigenvalue weighted by Crippen LogP contribution is 2.42. The molecule has 0 saturated carbocycles. The summed E-state index contributed by atoms with van der Waals surface area (Å²) in [5, 5.41) is 11.2. The van der Waals surface area contributed by atoms with Gasteiger partial charge in [-0.05, 0) is 67.4 Å². The van der Waals surface area contributed by atoms with E-state index in [0.29, 0.717) is 35.8 Å². The maximum absolute atomic E-state index is 14.1. The van der Waals surface area contributed by atoms with Crippen molar-refractivity contribution in [3.63, 3.8) is 0 Å². The third-order valence-electron chi connectivity index (χ3n) is 5.73. The summed E-state index contributed by atoms with van der Waals surface area (Å²) in [6, 6.07) is 15.0. The summed E-state index contributed by atoms with van der Waals surface area (Å²) in [4.78, 5) is 27.4. The number of hydrogen-bond acceptors (Lipinski definition) is 5. The number of nitrogens with zero attached hydrogens (tertiary/aromatic N) is 1. The molecule has 186 valence electrons. The summed E-state index contributed by atoms with van der Waals surface area (Å²) in [5.41, 5.74) is 0.596. The summed E-state index contributed by atoms with van der Waals surface area (Å²) in [6.45, 7) is 4.80. The van der Waals surface area contributed by atoms with Gasteiger partial charge in [0.05, 0.1) is 24.8 Å². The molecular formula is C28H25F2NO5. The highest BCUT2D eigenvalue weighted by molar-refractivity contribution is 6.51. The van der Waals surface area contributed by atoms with Crippen LogP contribution in [0.2, 0.25) is 0 Å². The molecule has 1 N–H and O–H groups in total. The largest absolute Gasteiger partial charge is 0.507 e. The van der Waals surface area contributed by atoms with Crippen molar-refractivity contribution in [3.05, 3.63) is 95.1 Å². The Morgan fingerprint density at radius 2 is 1.53 bits per heavy atom. The average molecular weight is 494 g/mol. The minimum absolute atomic E-state index is 0.0164. The number of benzene rings is 3. The van der Waals surface area contributed by atoms with Gasteiger partial charge >= 0.3 is 0 Å². The highest BCUT2D eigenvalue weighted by Gasteiger charge is 2.47. The van der Waals surface area contributed by atoms with E-state index in [9.17, 15) is 23.5 Å². The number of rotatable bonds is 8. The normalized spacial score (nSPS) is 16.9. The minimum atomic E-state index is -1.16. The Labute approximate surface area is 207 Å². The zero-order chi connectivity index (χ0) is 25.8. The molecule has 0 aromatic heterocycles. The standard InChI is InChI=1S/C28H25F2NO5/c1-3-15-36-21-12-7-18(8-13-21)26(32)24-25(17-5-10-20(11-6-17)35-4-2)31(28(34)27(24)33)19-9-14-22(29)23(30)16-19/h5-14,16,25,32H,3-4,15H2,1-2H3/b26-24+. The lowest BCUT2D eigenvalue weighted by Gasteiger charge is -2.25. The van der Waals surface area contributed by atoms with E-state index in [1.165, 1.54) is 6.07 Å². The predicted octanol–water partition coefficient (Wildman–Crippen LogP) is 5.78. The number of carbonyl (C=O) groups excluding carboxylic acids is 2. The van der Waals surface area contributed by atoms with Gasteiger partial charge in [0.15, 0.2) is 11.6 Å². The van der Waals surface area contributed by atoms with E-state index in [1.807, 2.05) is 13.8 Å². The number of aliphatic hydroxyl groups excluding tert-OH is 1. The SMILES string of the molecule is CCCOc1ccc(/C(O)=C2\C(=O)C(=O)N(c3ccc(F)c(F)c3)C2c2ccc(OCC)cc2)cc1. The van der Waals surface area contributed by atoms with Crippen LogP contribution in [-0.2, 0) is 9.59 Å². The van der Waals surface area contributed by atoms with Gasteiger partial charge in [-0.2, -0.15) is 0 Å². The number of hydrogen-bond donors (Lipinski definition) is 1. The van der Waals surface area contributed by atoms with Crippen LogP contribution in [0.3, 0.4) is 0 Å². The van der Waals surface area contributed by atoms with Crippen molar-refractivity contribution in [2.75, 3.05) is 18.1 Å². The Balaban J connectivity index is 1.84. The second-order valence-corrected chi connectivity index (χ2v) is 8.14. The van der Waals surface area contributed by atoms with Crippen molar-refractivity contribution < 1.29 is 33.0 Å². The second-order valence-electron chi connectivity index (χ2n) is 8.14. The first-order chi connectivity index (χ1) is 17.3. The number of halogens is 2. The molecule has 36 heavy (non-hydrogen) atoms. The molecule has 1 fully saturated rings. The maximum atomic E-state index is 14.1. The van der Waals surface area contributed by atoms with E-state index in [4.69, 9.17) is 9.47 Å². The fourth-order valence-electron chi connectivity index (χ4n) is 4.05. The third-order valence-corrected chi connectivity index (χ3v) is 5.73. The van der Waals surface area contributed by atoms with Crippen LogP contribution in [0.15, 0.2) is 72.3 Å². The summed E-state index contributed by atoms with van der Waals surface area (Å²) in [7, 11) is 0. The monoisotopic (exact) mass is 493 g/mol. The van der Waals surface area contributed by atoms with Gasteiger partial charge in [-0.1, -0.05) is 19.1 Å². The van der Waals surface area contributed by atoms with E-state index in [2.05, 4.69) is 0 Å². The maximum Gasteiger partial charge on any atom is 0.300 e. The number of anilines is 1. The van der Waals surface area contributed by atoms with Gasteiger partial charge in [-0.15, -0.1) is 0 Å². The molecule has 6 nitrogen and oxygen atoms in total. The van der Waals surface area contributed by atoms with E-state index in [1.54, 1.807) is 48.5 Å². The zero-order valence-corrected chi connectivity index (χ0v) is 19.8. The number of ether oxygens (including phenoxy) is 2. The molecule has 3 aromatic carbocycles. The van der Waals surface area contributed by atoms with Crippen LogP contribution in [0.25, 0.3) is 5.76 Å².